The summed E-state index contributed by atoms with van der Waals surface area (Å²) in [5.41, 5.74) is 0.977. The molecule has 0 N–H and O–H groups in total. The van der Waals surface area contributed by atoms with E-state index in [2.05, 4.69) is 35.7 Å². The Morgan fingerprint density at radius 1 is 1.15 bits per heavy atom. The van der Waals surface area contributed by atoms with Crippen molar-refractivity contribution < 1.29 is 9.18 Å². The quantitative estimate of drug-likeness (QED) is 0.667. The van der Waals surface area contributed by atoms with E-state index < -0.39 is 0 Å². The number of fused-ring (bicyclic) bond motifs is 1. The molecule has 1 aromatic carbocycles. The van der Waals surface area contributed by atoms with E-state index in [1.165, 1.54) is 6.07 Å². The van der Waals surface area contributed by atoms with Crippen LogP contribution in [0.4, 0.5) is 4.39 Å². The fraction of sp³-hybridized carbons (Fsp3) is 0.381. The first-order chi connectivity index (χ1) is 13.0. The van der Waals surface area contributed by atoms with Crippen molar-refractivity contribution in [2.75, 3.05) is 26.2 Å². The van der Waals surface area contributed by atoms with Gasteiger partial charge < -0.3 is 9.47 Å². The number of amides is 1. The number of aromatic nitrogens is 1. The number of halogens is 1. The van der Waals surface area contributed by atoms with Crippen molar-refractivity contribution in [3.63, 3.8) is 0 Å². The van der Waals surface area contributed by atoms with Crippen LogP contribution in [-0.2, 0) is 6.54 Å². The van der Waals surface area contributed by atoms with Crippen LogP contribution < -0.4 is 0 Å². The van der Waals surface area contributed by atoms with E-state index in [1.807, 2.05) is 17.0 Å². The van der Waals surface area contributed by atoms with Crippen molar-refractivity contribution >= 4 is 27.3 Å². The molecular formula is C21H24FN3OS. The molecule has 1 aliphatic rings. The highest BCUT2D eigenvalue weighted by Gasteiger charge is 2.24. The van der Waals surface area contributed by atoms with Gasteiger partial charge in [-0.05, 0) is 37.6 Å². The van der Waals surface area contributed by atoms with E-state index >= 15 is 0 Å². The molecule has 1 saturated heterocycles. The Balaban J connectivity index is 1.37. The van der Waals surface area contributed by atoms with Crippen molar-refractivity contribution in [3.8, 4) is 0 Å². The molecule has 0 aliphatic carbocycles. The molecule has 142 valence electrons. The minimum Gasteiger partial charge on any atom is -0.350 e. The number of piperazine rings is 1. The molecule has 0 radical (unpaired) electrons. The third-order valence-corrected chi connectivity index (χ3v) is 6.18. The number of benzene rings is 1. The molecule has 1 aliphatic heterocycles. The summed E-state index contributed by atoms with van der Waals surface area (Å²) in [6, 6.07) is 9.18. The maximum absolute atomic E-state index is 13.3. The van der Waals surface area contributed by atoms with E-state index in [0.29, 0.717) is 19.1 Å². The van der Waals surface area contributed by atoms with Crippen LogP contribution in [0.15, 0.2) is 42.7 Å². The average Bonchev–Trinajstić information content (AvgIpc) is 3.21. The van der Waals surface area contributed by atoms with Crippen LogP contribution in [0, 0.1) is 5.82 Å². The molecule has 4 rings (SSSR count). The largest absolute Gasteiger partial charge is 0.350 e. The zero-order valence-electron chi connectivity index (χ0n) is 15.7. The van der Waals surface area contributed by atoms with Crippen molar-refractivity contribution in [3.05, 3.63) is 59.0 Å². The van der Waals surface area contributed by atoms with Gasteiger partial charge in [0.15, 0.2) is 0 Å². The van der Waals surface area contributed by atoms with Crippen molar-refractivity contribution in [2.24, 2.45) is 0 Å². The van der Waals surface area contributed by atoms with E-state index in [4.69, 9.17) is 0 Å². The second kappa shape index (κ2) is 7.44. The summed E-state index contributed by atoms with van der Waals surface area (Å²) in [4.78, 5) is 17.9. The molecule has 6 heteroatoms. The van der Waals surface area contributed by atoms with Crippen LogP contribution in [0.1, 0.15) is 35.1 Å². The van der Waals surface area contributed by atoms with Gasteiger partial charge in [-0.3, -0.25) is 9.69 Å². The Labute approximate surface area is 162 Å². The van der Waals surface area contributed by atoms with Gasteiger partial charge in [0.1, 0.15) is 5.82 Å². The van der Waals surface area contributed by atoms with Crippen LogP contribution in [0.2, 0.25) is 0 Å². The van der Waals surface area contributed by atoms with Crippen molar-refractivity contribution in [1.29, 1.82) is 0 Å². The van der Waals surface area contributed by atoms with Gasteiger partial charge in [0.25, 0.3) is 5.91 Å². The summed E-state index contributed by atoms with van der Waals surface area (Å²) in [5, 5.41) is 1.14. The van der Waals surface area contributed by atoms with Gasteiger partial charge in [-0.15, -0.1) is 11.3 Å². The average molecular weight is 386 g/mol. The molecule has 27 heavy (non-hydrogen) atoms. The lowest BCUT2D eigenvalue weighted by atomic mass is 10.2. The molecule has 3 aromatic rings. The minimum atomic E-state index is -0.198. The van der Waals surface area contributed by atoms with Crippen LogP contribution in [0.3, 0.4) is 0 Å². The van der Waals surface area contributed by atoms with Gasteiger partial charge >= 0.3 is 0 Å². The zero-order valence-corrected chi connectivity index (χ0v) is 16.5. The monoisotopic (exact) mass is 385 g/mol. The number of hydrogen-bond donors (Lipinski definition) is 0. The number of nitrogens with zero attached hydrogens (tertiary/aromatic N) is 3. The van der Waals surface area contributed by atoms with Crippen LogP contribution in [-0.4, -0.2) is 46.5 Å². The van der Waals surface area contributed by atoms with Crippen LogP contribution in [0.25, 0.3) is 10.1 Å². The lowest BCUT2D eigenvalue weighted by Crippen LogP contribution is -2.48. The van der Waals surface area contributed by atoms with E-state index in [0.717, 1.165) is 40.2 Å². The summed E-state index contributed by atoms with van der Waals surface area (Å²) >= 11 is 1.57. The SMILES string of the molecule is CC(C)n1cc2cc(C(=O)N3CCN(Cc4cccc(F)c4)CC3)sc2c1. The molecule has 1 amide bonds. The number of carbonyl (C=O) groups is 1. The first-order valence-corrected chi connectivity index (χ1v) is 10.2. The fourth-order valence-corrected chi connectivity index (χ4v) is 4.56. The Kier molecular flexibility index (Phi) is 5.02. The Bertz CT molecular complexity index is 922. The van der Waals surface area contributed by atoms with Crippen molar-refractivity contribution in [1.82, 2.24) is 14.4 Å². The van der Waals surface area contributed by atoms with Gasteiger partial charge in [-0.1, -0.05) is 12.1 Å². The second-order valence-corrected chi connectivity index (χ2v) is 8.51. The molecule has 0 unspecified atom stereocenters. The molecular weight excluding hydrogens is 361 g/mol. The molecule has 2 aromatic heterocycles. The summed E-state index contributed by atoms with van der Waals surface area (Å²) in [7, 11) is 0. The Hall–Kier alpha value is -2.18. The fourth-order valence-electron chi connectivity index (χ4n) is 3.52. The van der Waals surface area contributed by atoms with Gasteiger partial charge in [-0.25, -0.2) is 4.39 Å². The highest BCUT2D eigenvalue weighted by Crippen LogP contribution is 2.29. The summed E-state index contributed by atoms with van der Waals surface area (Å²) in [6.45, 7) is 8.07. The summed E-state index contributed by atoms with van der Waals surface area (Å²) in [6.07, 6.45) is 4.24. The number of rotatable bonds is 4. The maximum atomic E-state index is 13.3. The lowest BCUT2D eigenvalue weighted by Gasteiger charge is -2.34. The maximum Gasteiger partial charge on any atom is 0.264 e. The highest BCUT2D eigenvalue weighted by molar-refractivity contribution is 7.20. The van der Waals surface area contributed by atoms with Gasteiger partial charge in [-0.2, -0.15) is 0 Å². The van der Waals surface area contributed by atoms with Crippen molar-refractivity contribution in [2.45, 2.75) is 26.4 Å². The zero-order chi connectivity index (χ0) is 19.0. The lowest BCUT2D eigenvalue weighted by molar-refractivity contribution is 0.0633. The molecule has 0 bridgehead atoms. The molecule has 0 spiro atoms. The molecule has 0 atom stereocenters. The Morgan fingerprint density at radius 3 is 2.59 bits per heavy atom. The van der Waals surface area contributed by atoms with Gasteiger partial charge in [0, 0.05) is 56.5 Å². The van der Waals surface area contributed by atoms with Crippen LogP contribution >= 0.6 is 11.3 Å². The van der Waals surface area contributed by atoms with E-state index in [1.54, 1.807) is 23.5 Å². The highest BCUT2D eigenvalue weighted by atomic mass is 32.1. The molecule has 4 nitrogen and oxygen atoms in total. The Morgan fingerprint density at radius 2 is 1.93 bits per heavy atom. The topological polar surface area (TPSA) is 28.5 Å². The molecule has 3 heterocycles. The van der Waals surface area contributed by atoms with E-state index in [9.17, 15) is 9.18 Å². The predicted octanol–water partition coefficient (Wildman–Crippen LogP) is 4.38. The van der Waals surface area contributed by atoms with Gasteiger partial charge in [0.2, 0.25) is 0 Å². The minimum absolute atomic E-state index is 0.123. The molecule has 0 saturated carbocycles. The third kappa shape index (κ3) is 3.92. The van der Waals surface area contributed by atoms with Crippen LogP contribution in [0.5, 0.6) is 0 Å². The smallest absolute Gasteiger partial charge is 0.264 e. The number of carbonyl (C=O) groups excluding carboxylic acids is 1. The summed E-state index contributed by atoms with van der Waals surface area (Å²) < 4.78 is 16.7. The summed E-state index contributed by atoms with van der Waals surface area (Å²) in [5.74, 6) is -0.0746. The number of thiophene rings is 1. The third-order valence-electron chi connectivity index (χ3n) is 5.11. The standard InChI is InChI=1S/C21H24FN3OS/c1-15(2)25-13-17-11-19(27-20(17)14-25)21(26)24-8-6-23(7-9-24)12-16-4-3-5-18(22)10-16/h3-5,10-11,13-15H,6-9,12H2,1-2H3. The number of hydrogen-bond acceptors (Lipinski definition) is 3. The first-order valence-electron chi connectivity index (χ1n) is 9.37. The second-order valence-electron chi connectivity index (χ2n) is 7.43. The van der Waals surface area contributed by atoms with Gasteiger partial charge in [0.05, 0.1) is 9.58 Å². The normalized spacial score (nSPS) is 15.8. The predicted molar refractivity (Wildman–Crippen MR) is 108 cm³/mol. The van der Waals surface area contributed by atoms with E-state index in [-0.39, 0.29) is 11.7 Å². The molecule has 1 fully saturated rings. The first kappa shape index (κ1) is 18.2.